The highest BCUT2D eigenvalue weighted by atomic mass is 35.5. The molecule has 0 bridgehead atoms. The number of benzene rings is 1. The predicted molar refractivity (Wildman–Crippen MR) is 75.1 cm³/mol. The van der Waals surface area contributed by atoms with Crippen LogP contribution < -0.4 is 0 Å². The minimum absolute atomic E-state index is 0.736. The Morgan fingerprint density at radius 1 is 1.11 bits per heavy atom. The van der Waals surface area contributed by atoms with Crippen molar-refractivity contribution in [1.82, 2.24) is 9.38 Å². The molecule has 2 nitrogen and oxygen atoms in total. The van der Waals surface area contributed by atoms with Gasteiger partial charge in [0, 0.05) is 22.5 Å². The molecule has 0 aliphatic heterocycles. The van der Waals surface area contributed by atoms with Gasteiger partial charge in [-0.25, -0.2) is 4.98 Å². The third-order valence-corrected chi connectivity index (χ3v) is 3.34. The van der Waals surface area contributed by atoms with Crippen LogP contribution in [-0.2, 0) is 0 Å². The van der Waals surface area contributed by atoms with Crippen LogP contribution in [0.4, 0.5) is 0 Å². The maximum Gasteiger partial charge on any atom is 0.137 e. The molecule has 3 heteroatoms. The molecule has 0 saturated carbocycles. The molecule has 0 unspecified atom stereocenters. The first kappa shape index (κ1) is 11.3. The lowest BCUT2D eigenvalue weighted by atomic mass is 10.1. The van der Waals surface area contributed by atoms with Crippen molar-refractivity contribution in [2.75, 3.05) is 0 Å². The SMILES string of the molecule is Cc1ccc2nc(-c3cccc(Cl)c3)c(C)n2c1. The number of hydrogen-bond donors (Lipinski definition) is 0. The van der Waals surface area contributed by atoms with Crippen molar-refractivity contribution in [3.63, 3.8) is 0 Å². The van der Waals surface area contributed by atoms with Crippen LogP contribution in [0.2, 0.25) is 5.02 Å². The summed E-state index contributed by atoms with van der Waals surface area (Å²) in [5, 5.41) is 0.736. The third kappa shape index (κ3) is 1.79. The van der Waals surface area contributed by atoms with Gasteiger partial charge in [-0.1, -0.05) is 29.8 Å². The summed E-state index contributed by atoms with van der Waals surface area (Å²) in [6.45, 7) is 4.16. The lowest BCUT2D eigenvalue weighted by Gasteiger charge is -2.00. The maximum absolute atomic E-state index is 6.04. The van der Waals surface area contributed by atoms with Crippen molar-refractivity contribution in [3.8, 4) is 11.3 Å². The van der Waals surface area contributed by atoms with Gasteiger partial charge in [-0.05, 0) is 37.6 Å². The zero-order chi connectivity index (χ0) is 12.7. The number of aromatic nitrogens is 2. The molecular formula is C15H13ClN2. The van der Waals surface area contributed by atoms with E-state index in [1.807, 2.05) is 30.3 Å². The van der Waals surface area contributed by atoms with Crippen LogP contribution in [0.5, 0.6) is 0 Å². The second kappa shape index (κ2) is 4.14. The highest BCUT2D eigenvalue weighted by Crippen LogP contribution is 2.26. The van der Waals surface area contributed by atoms with Crippen molar-refractivity contribution in [3.05, 3.63) is 58.9 Å². The van der Waals surface area contributed by atoms with Gasteiger partial charge in [-0.15, -0.1) is 0 Å². The predicted octanol–water partition coefficient (Wildman–Crippen LogP) is 4.27. The third-order valence-electron chi connectivity index (χ3n) is 3.10. The minimum atomic E-state index is 0.736. The molecule has 0 aliphatic carbocycles. The van der Waals surface area contributed by atoms with Crippen LogP contribution in [0, 0.1) is 13.8 Å². The summed E-state index contributed by atoms with van der Waals surface area (Å²) in [5.41, 5.74) is 5.37. The average molecular weight is 257 g/mol. The van der Waals surface area contributed by atoms with Crippen LogP contribution in [-0.4, -0.2) is 9.38 Å². The van der Waals surface area contributed by atoms with E-state index in [1.54, 1.807) is 0 Å². The number of halogens is 1. The molecule has 18 heavy (non-hydrogen) atoms. The van der Waals surface area contributed by atoms with Crippen LogP contribution in [0.3, 0.4) is 0 Å². The Labute approximate surface area is 111 Å². The van der Waals surface area contributed by atoms with E-state index in [1.165, 1.54) is 5.56 Å². The van der Waals surface area contributed by atoms with Crippen LogP contribution in [0.25, 0.3) is 16.9 Å². The van der Waals surface area contributed by atoms with E-state index in [-0.39, 0.29) is 0 Å². The lowest BCUT2D eigenvalue weighted by molar-refractivity contribution is 1.09. The highest BCUT2D eigenvalue weighted by Gasteiger charge is 2.10. The molecular weight excluding hydrogens is 244 g/mol. The van der Waals surface area contributed by atoms with Gasteiger partial charge >= 0.3 is 0 Å². The zero-order valence-corrected chi connectivity index (χ0v) is 11.1. The summed E-state index contributed by atoms with van der Waals surface area (Å²) in [6, 6.07) is 11.9. The van der Waals surface area contributed by atoms with Crippen molar-refractivity contribution in [2.45, 2.75) is 13.8 Å². The van der Waals surface area contributed by atoms with E-state index in [4.69, 9.17) is 11.6 Å². The van der Waals surface area contributed by atoms with E-state index in [2.05, 4.69) is 35.5 Å². The molecule has 2 aromatic heterocycles. The first-order chi connectivity index (χ1) is 8.65. The molecule has 2 heterocycles. The molecule has 0 atom stereocenters. The summed E-state index contributed by atoms with van der Waals surface area (Å²) in [7, 11) is 0. The van der Waals surface area contributed by atoms with Gasteiger partial charge in [0.25, 0.3) is 0 Å². The molecule has 0 aliphatic rings. The fourth-order valence-corrected chi connectivity index (χ4v) is 2.37. The second-order valence-corrected chi connectivity index (χ2v) is 4.93. The molecule has 1 aromatic carbocycles. The normalized spacial score (nSPS) is 11.1. The Morgan fingerprint density at radius 2 is 1.94 bits per heavy atom. The van der Waals surface area contributed by atoms with Crippen molar-refractivity contribution in [2.24, 2.45) is 0 Å². The molecule has 0 N–H and O–H groups in total. The minimum Gasteiger partial charge on any atom is -0.303 e. The second-order valence-electron chi connectivity index (χ2n) is 4.49. The molecule has 0 saturated heterocycles. The molecule has 90 valence electrons. The van der Waals surface area contributed by atoms with Crippen LogP contribution >= 0.6 is 11.6 Å². The number of rotatable bonds is 1. The summed E-state index contributed by atoms with van der Waals surface area (Å²) in [4.78, 5) is 4.67. The molecule has 0 fully saturated rings. The van der Waals surface area contributed by atoms with E-state index in [9.17, 15) is 0 Å². The Balaban J connectivity index is 2.27. The standard InChI is InChI=1S/C15H13ClN2/c1-10-6-7-14-17-15(11(2)18(14)9-10)12-4-3-5-13(16)8-12/h3-9H,1-2H3. The van der Waals surface area contributed by atoms with Crippen molar-refractivity contribution >= 4 is 17.2 Å². The topological polar surface area (TPSA) is 17.3 Å². The number of pyridine rings is 1. The van der Waals surface area contributed by atoms with Crippen LogP contribution in [0.1, 0.15) is 11.3 Å². The quantitative estimate of drug-likeness (QED) is 0.636. The number of imidazole rings is 1. The van der Waals surface area contributed by atoms with E-state index in [0.717, 1.165) is 27.6 Å². The van der Waals surface area contributed by atoms with Crippen LogP contribution in [0.15, 0.2) is 42.6 Å². The number of hydrogen-bond acceptors (Lipinski definition) is 1. The van der Waals surface area contributed by atoms with Crippen molar-refractivity contribution in [1.29, 1.82) is 0 Å². The van der Waals surface area contributed by atoms with Gasteiger partial charge in [-0.2, -0.15) is 0 Å². The van der Waals surface area contributed by atoms with Gasteiger partial charge in [0.05, 0.1) is 5.69 Å². The lowest BCUT2D eigenvalue weighted by Crippen LogP contribution is -1.88. The fraction of sp³-hybridized carbons (Fsp3) is 0.133. The first-order valence-electron chi connectivity index (χ1n) is 5.86. The molecule has 0 spiro atoms. The maximum atomic E-state index is 6.04. The largest absolute Gasteiger partial charge is 0.303 e. The zero-order valence-electron chi connectivity index (χ0n) is 10.3. The number of nitrogens with zero attached hydrogens (tertiary/aromatic N) is 2. The summed E-state index contributed by atoms with van der Waals surface area (Å²) in [5.74, 6) is 0. The van der Waals surface area contributed by atoms with Gasteiger partial charge < -0.3 is 4.40 Å². The van der Waals surface area contributed by atoms with E-state index >= 15 is 0 Å². The molecule has 3 rings (SSSR count). The van der Waals surface area contributed by atoms with E-state index < -0.39 is 0 Å². The highest BCUT2D eigenvalue weighted by molar-refractivity contribution is 6.30. The fourth-order valence-electron chi connectivity index (χ4n) is 2.18. The van der Waals surface area contributed by atoms with Gasteiger partial charge in [0.1, 0.15) is 5.65 Å². The average Bonchev–Trinajstić information content (AvgIpc) is 2.67. The Bertz CT molecular complexity index is 728. The van der Waals surface area contributed by atoms with Gasteiger partial charge in [-0.3, -0.25) is 0 Å². The van der Waals surface area contributed by atoms with E-state index in [0.29, 0.717) is 0 Å². The Hall–Kier alpha value is -1.80. The Kier molecular flexibility index (Phi) is 2.60. The van der Waals surface area contributed by atoms with Gasteiger partial charge in [0.15, 0.2) is 0 Å². The number of aryl methyl sites for hydroxylation is 2. The monoisotopic (exact) mass is 256 g/mol. The van der Waals surface area contributed by atoms with Gasteiger partial charge in [0.2, 0.25) is 0 Å². The molecule has 3 aromatic rings. The molecule has 0 amide bonds. The summed E-state index contributed by atoms with van der Waals surface area (Å²) >= 11 is 6.04. The smallest absolute Gasteiger partial charge is 0.137 e. The first-order valence-corrected chi connectivity index (χ1v) is 6.24. The van der Waals surface area contributed by atoms with Crippen molar-refractivity contribution < 1.29 is 0 Å². The molecule has 0 radical (unpaired) electrons. The summed E-state index contributed by atoms with van der Waals surface area (Å²) < 4.78 is 2.12. The number of fused-ring (bicyclic) bond motifs is 1. The summed E-state index contributed by atoms with van der Waals surface area (Å²) in [6.07, 6.45) is 2.10. The Morgan fingerprint density at radius 3 is 2.72 bits per heavy atom.